The van der Waals surface area contributed by atoms with E-state index in [0.29, 0.717) is 23.9 Å². The summed E-state index contributed by atoms with van der Waals surface area (Å²) in [7, 11) is 0. The fourth-order valence-electron chi connectivity index (χ4n) is 4.73. The minimum atomic E-state index is 0.155. The zero-order chi connectivity index (χ0) is 18.1. The zero-order valence-electron chi connectivity index (χ0n) is 15.8. The molecule has 2 aromatic rings. The molecule has 0 spiro atoms. The van der Waals surface area contributed by atoms with E-state index in [1.54, 1.807) is 6.20 Å². The van der Waals surface area contributed by atoms with Gasteiger partial charge in [-0.1, -0.05) is 36.8 Å². The first-order valence-electron chi connectivity index (χ1n) is 10.00. The molecule has 2 aliphatic rings. The number of rotatable bonds is 5. The van der Waals surface area contributed by atoms with Gasteiger partial charge in [-0.25, -0.2) is 0 Å². The van der Waals surface area contributed by atoms with Crippen LogP contribution in [-0.2, 0) is 6.54 Å². The van der Waals surface area contributed by atoms with Crippen LogP contribution in [0.1, 0.15) is 67.9 Å². The summed E-state index contributed by atoms with van der Waals surface area (Å²) in [6, 6.07) is 12.1. The fourth-order valence-corrected chi connectivity index (χ4v) is 4.73. The molecule has 2 atom stereocenters. The van der Waals surface area contributed by atoms with Gasteiger partial charge in [0, 0.05) is 36.8 Å². The van der Waals surface area contributed by atoms with Gasteiger partial charge in [0.15, 0.2) is 5.78 Å². The SMILES string of the molecule is CC(C)n1cc(C(=O)C2CC3CCCC(C2)N3Cc2ccccc2)cn1. The van der Waals surface area contributed by atoms with Gasteiger partial charge >= 0.3 is 0 Å². The second-order valence-corrected chi connectivity index (χ2v) is 8.23. The summed E-state index contributed by atoms with van der Waals surface area (Å²) in [5.41, 5.74) is 2.17. The van der Waals surface area contributed by atoms with Gasteiger partial charge in [0.2, 0.25) is 0 Å². The van der Waals surface area contributed by atoms with Gasteiger partial charge in [-0.15, -0.1) is 0 Å². The smallest absolute Gasteiger partial charge is 0.169 e. The molecule has 0 saturated carbocycles. The van der Waals surface area contributed by atoms with Crippen molar-refractivity contribution in [2.24, 2.45) is 5.92 Å². The van der Waals surface area contributed by atoms with E-state index < -0.39 is 0 Å². The third-order valence-electron chi connectivity index (χ3n) is 6.12. The van der Waals surface area contributed by atoms with E-state index in [9.17, 15) is 4.79 Å². The highest BCUT2D eigenvalue weighted by Crippen LogP contribution is 2.39. The van der Waals surface area contributed by atoms with Crippen LogP contribution in [0.5, 0.6) is 0 Å². The molecule has 0 amide bonds. The van der Waals surface area contributed by atoms with Crippen molar-refractivity contribution in [1.29, 1.82) is 0 Å². The molecule has 4 nitrogen and oxygen atoms in total. The van der Waals surface area contributed by atoms with Crippen LogP contribution < -0.4 is 0 Å². The summed E-state index contributed by atoms with van der Waals surface area (Å²) < 4.78 is 1.89. The normalized spacial score (nSPS) is 26.2. The molecule has 2 bridgehead atoms. The van der Waals surface area contributed by atoms with Crippen molar-refractivity contribution in [3.05, 3.63) is 53.9 Å². The maximum absolute atomic E-state index is 13.1. The molecule has 0 aliphatic carbocycles. The molecule has 1 aromatic heterocycles. The van der Waals surface area contributed by atoms with Gasteiger partial charge < -0.3 is 0 Å². The first-order valence-corrected chi connectivity index (χ1v) is 10.00. The van der Waals surface area contributed by atoms with Crippen molar-refractivity contribution >= 4 is 5.78 Å². The Morgan fingerprint density at radius 1 is 1.15 bits per heavy atom. The maximum atomic E-state index is 13.1. The Morgan fingerprint density at radius 2 is 1.85 bits per heavy atom. The van der Waals surface area contributed by atoms with Crippen molar-refractivity contribution in [2.45, 2.75) is 70.6 Å². The summed E-state index contributed by atoms with van der Waals surface area (Å²) >= 11 is 0. The average molecular weight is 351 g/mol. The van der Waals surface area contributed by atoms with Crippen molar-refractivity contribution in [3.8, 4) is 0 Å². The Bertz CT molecular complexity index is 738. The number of ketones is 1. The first-order chi connectivity index (χ1) is 12.6. The third-order valence-corrected chi connectivity index (χ3v) is 6.12. The van der Waals surface area contributed by atoms with Crippen molar-refractivity contribution in [2.75, 3.05) is 0 Å². The lowest BCUT2D eigenvalue weighted by Crippen LogP contribution is -2.52. The summed E-state index contributed by atoms with van der Waals surface area (Å²) in [5.74, 6) is 0.454. The van der Waals surface area contributed by atoms with Crippen molar-refractivity contribution in [3.63, 3.8) is 0 Å². The number of hydrogen-bond donors (Lipinski definition) is 0. The number of fused-ring (bicyclic) bond motifs is 2. The molecular formula is C22H29N3O. The number of aromatic nitrogens is 2. The minimum Gasteiger partial charge on any atom is -0.294 e. The fraction of sp³-hybridized carbons (Fsp3) is 0.545. The lowest BCUT2D eigenvalue weighted by atomic mass is 9.75. The number of nitrogens with zero attached hydrogens (tertiary/aromatic N) is 3. The van der Waals surface area contributed by atoms with E-state index in [1.165, 1.54) is 24.8 Å². The number of piperidine rings is 2. The van der Waals surface area contributed by atoms with Crippen LogP contribution in [0.15, 0.2) is 42.7 Å². The standard InChI is InChI=1S/C22H29N3O/c1-16(2)25-15-19(13-23-25)22(26)18-11-20-9-6-10-21(12-18)24(20)14-17-7-4-3-5-8-17/h3-5,7-8,13,15-16,18,20-21H,6,9-12,14H2,1-2H3. The van der Waals surface area contributed by atoms with Crippen LogP contribution in [0, 0.1) is 5.92 Å². The number of hydrogen-bond acceptors (Lipinski definition) is 3. The molecule has 2 aliphatic heterocycles. The Labute approximate surface area is 156 Å². The van der Waals surface area contributed by atoms with Crippen LogP contribution in [0.25, 0.3) is 0 Å². The van der Waals surface area contributed by atoms with Crippen molar-refractivity contribution in [1.82, 2.24) is 14.7 Å². The molecule has 138 valence electrons. The average Bonchev–Trinajstić information content (AvgIpc) is 3.12. The van der Waals surface area contributed by atoms with Crippen LogP contribution in [-0.4, -0.2) is 32.5 Å². The molecule has 2 fully saturated rings. The molecule has 2 unspecified atom stereocenters. The van der Waals surface area contributed by atoms with Gasteiger partial charge in [0.1, 0.15) is 0 Å². The van der Waals surface area contributed by atoms with Crippen LogP contribution >= 0.6 is 0 Å². The summed E-state index contributed by atoms with van der Waals surface area (Å²) in [6.45, 7) is 5.20. The third kappa shape index (κ3) is 3.48. The quantitative estimate of drug-likeness (QED) is 0.746. The van der Waals surface area contributed by atoms with Crippen LogP contribution in [0.4, 0.5) is 0 Å². The molecule has 26 heavy (non-hydrogen) atoms. The largest absolute Gasteiger partial charge is 0.294 e. The zero-order valence-corrected chi connectivity index (χ0v) is 15.8. The number of benzene rings is 1. The monoisotopic (exact) mass is 351 g/mol. The second kappa shape index (κ2) is 7.36. The van der Waals surface area contributed by atoms with Gasteiger partial charge in [-0.2, -0.15) is 5.10 Å². The molecule has 0 N–H and O–H groups in total. The van der Waals surface area contributed by atoms with E-state index in [4.69, 9.17) is 0 Å². The molecule has 4 rings (SSSR count). The van der Waals surface area contributed by atoms with Gasteiger partial charge in [0.05, 0.1) is 11.8 Å². The molecule has 1 aromatic carbocycles. The maximum Gasteiger partial charge on any atom is 0.169 e. The lowest BCUT2D eigenvalue weighted by Gasteiger charge is -2.48. The van der Waals surface area contributed by atoms with Gasteiger partial charge in [0.25, 0.3) is 0 Å². The highest BCUT2D eigenvalue weighted by Gasteiger charge is 2.40. The van der Waals surface area contributed by atoms with E-state index in [-0.39, 0.29) is 5.92 Å². The van der Waals surface area contributed by atoms with Gasteiger partial charge in [-0.05, 0) is 45.1 Å². The lowest BCUT2D eigenvalue weighted by molar-refractivity contribution is 0.00906. The number of carbonyl (C=O) groups excluding carboxylic acids is 1. The van der Waals surface area contributed by atoms with Crippen LogP contribution in [0.3, 0.4) is 0 Å². The first kappa shape index (κ1) is 17.5. The molecular weight excluding hydrogens is 322 g/mol. The van der Waals surface area contributed by atoms with Gasteiger partial charge in [-0.3, -0.25) is 14.4 Å². The predicted octanol–water partition coefficient (Wildman–Crippen LogP) is 4.48. The Balaban J connectivity index is 1.47. The van der Waals surface area contributed by atoms with E-state index >= 15 is 0 Å². The minimum absolute atomic E-state index is 0.155. The van der Waals surface area contributed by atoms with E-state index in [0.717, 1.165) is 24.9 Å². The molecule has 4 heteroatoms. The summed E-state index contributed by atoms with van der Waals surface area (Å²) in [5, 5.41) is 4.36. The van der Waals surface area contributed by atoms with E-state index in [2.05, 4.69) is 54.2 Å². The number of Topliss-reactive ketones (excluding diaryl/α,β-unsaturated/α-hetero) is 1. The molecule has 2 saturated heterocycles. The molecule has 3 heterocycles. The summed E-state index contributed by atoms with van der Waals surface area (Å²) in [6.07, 6.45) is 9.42. The van der Waals surface area contributed by atoms with Crippen molar-refractivity contribution < 1.29 is 4.79 Å². The Hall–Kier alpha value is -1.94. The highest BCUT2D eigenvalue weighted by atomic mass is 16.1. The number of carbonyl (C=O) groups is 1. The molecule has 0 radical (unpaired) electrons. The topological polar surface area (TPSA) is 38.1 Å². The Morgan fingerprint density at radius 3 is 2.46 bits per heavy atom. The van der Waals surface area contributed by atoms with E-state index in [1.807, 2.05) is 10.9 Å². The van der Waals surface area contributed by atoms with Crippen LogP contribution in [0.2, 0.25) is 0 Å². The second-order valence-electron chi connectivity index (χ2n) is 8.23. The Kier molecular flexibility index (Phi) is 4.94. The predicted molar refractivity (Wildman–Crippen MR) is 103 cm³/mol. The highest BCUT2D eigenvalue weighted by molar-refractivity contribution is 5.97. The summed E-state index contributed by atoms with van der Waals surface area (Å²) in [4.78, 5) is 15.7.